The molecule has 2 nitrogen and oxygen atoms in total. The highest BCUT2D eigenvalue weighted by Gasteiger charge is 2.20. The monoisotopic (exact) mass is 146 g/mol. The van der Waals surface area contributed by atoms with E-state index in [1.54, 1.807) is 6.92 Å². The molecule has 0 aromatic rings. The van der Waals surface area contributed by atoms with Crippen LogP contribution in [0.15, 0.2) is 0 Å². The molecule has 2 unspecified atom stereocenters. The highest BCUT2D eigenvalue weighted by Crippen LogP contribution is 2.16. The summed E-state index contributed by atoms with van der Waals surface area (Å²) in [5.74, 6) is 0. The standard InChI is InChI=1S/C8H18O2/c1-4-7(9)6-8(3,10)5-2/h7,9-10H,4-6H2,1-3H3. The Bertz CT molecular complexity index is 89.3. The normalized spacial score (nSPS) is 20.1. The van der Waals surface area contributed by atoms with E-state index in [0.717, 1.165) is 6.42 Å². The summed E-state index contributed by atoms with van der Waals surface area (Å²) in [6.07, 6.45) is 1.55. The molecule has 2 atom stereocenters. The van der Waals surface area contributed by atoms with Gasteiger partial charge in [0.05, 0.1) is 11.7 Å². The smallest absolute Gasteiger partial charge is 0.0641 e. The molecule has 10 heavy (non-hydrogen) atoms. The van der Waals surface area contributed by atoms with E-state index in [9.17, 15) is 5.11 Å². The van der Waals surface area contributed by atoms with Crippen molar-refractivity contribution in [3.8, 4) is 0 Å². The number of aliphatic hydroxyl groups is 2. The quantitative estimate of drug-likeness (QED) is 0.627. The molecule has 0 aliphatic rings. The van der Waals surface area contributed by atoms with Crippen LogP contribution in [-0.4, -0.2) is 21.9 Å². The Kier molecular flexibility index (Phi) is 3.91. The van der Waals surface area contributed by atoms with E-state index < -0.39 is 5.60 Å². The van der Waals surface area contributed by atoms with Gasteiger partial charge in [0, 0.05) is 6.42 Å². The van der Waals surface area contributed by atoms with E-state index >= 15 is 0 Å². The van der Waals surface area contributed by atoms with Gasteiger partial charge in [0.1, 0.15) is 0 Å². The highest BCUT2D eigenvalue weighted by molar-refractivity contribution is 4.73. The predicted molar refractivity (Wildman–Crippen MR) is 41.8 cm³/mol. The van der Waals surface area contributed by atoms with Crippen molar-refractivity contribution >= 4 is 0 Å². The van der Waals surface area contributed by atoms with Crippen LogP contribution in [0.25, 0.3) is 0 Å². The first-order chi connectivity index (χ1) is 4.52. The predicted octanol–water partition coefficient (Wildman–Crippen LogP) is 1.31. The number of aliphatic hydroxyl groups excluding tert-OH is 1. The van der Waals surface area contributed by atoms with Gasteiger partial charge >= 0.3 is 0 Å². The molecule has 2 N–H and O–H groups in total. The Morgan fingerprint density at radius 2 is 1.90 bits per heavy atom. The van der Waals surface area contributed by atoms with E-state index in [1.165, 1.54) is 0 Å². The van der Waals surface area contributed by atoms with Crippen molar-refractivity contribution in [2.75, 3.05) is 0 Å². The topological polar surface area (TPSA) is 40.5 Å². The fourth-order valence-electron chi connectivity index (χ4n) is 0.796. The van der Waals surface area contributed by atoms with E-state index in [0.29, 0.717) is 12.8 Å². The van der Waals surface area contributed by atoms with Crippen LogP contribution in [-0.2, 0) is 0 Å². The first-order valence-electron chi connectivity index (χ1n) is 3.92. The van der Waals surface area contributed by atoms with Crippen molar-refractivity contribution in [1.29, 1.82) is 0 Å². The minimum Gasteiger partial charge on any atom is -0.393 e. The van der Waals surface area contributed by atoms with Crippen molar-refractivity contribution in [2.24, 2.45) is 0 Å². The molecule has 0 aromatic carbocycles. The van der Waals surface area contributed by atoms with Gasteiger partial charge in [-0.1, -0.05) is 13.8 Å². The second kappa shape index (κ2) is 3.94. The van der Waals surface area contributed by atoms with Crippen LogP contribution in [0.3, 0.4) is 0 Å². The van der Waals surface area contributed by atoms with Crippen LogP contribution in [0.2, 0.25) is 0 Å². The molecule has 0 bridgehead atoms. The van der Waals surface area contributed by atoms with Crippen molar-refractivity contribution in [3.05, 3.63) is 0 Å². The summed E-state index contributed by atoms with van der Waals surface area (Å²) in [7, 11) is 0. The first kappa shape index (κ1) is 9.92. The molecule has 2 heteroatoms. The summed E-state index contributed by atoms with van der Waals surface area (Å²) in [5, 5.41) is 18.6. The fraction of sp³-hybridized carbons (Fsp3) is 1.00. The molecular weight excluding hydrogens is 128 g/mol. The van der Waals surface area contributed by atoms with Gasteiger partial charge in [0.2, 0.25) is 0 Å². The maximum Gasteiger partial charge on any atom is 0.0641 e. The van der Waals surface area contributed by atoms with Gasteiger partial charge in [-0.3, -0.25) is 0 Å². The lowest BCUT2D eigenvalue weighted by Gasteiger charge is -2.23. The number of hydrogen-bond donors (Lipinski definition) is 2. The van der Waals surface area contributed by atoms with Gasteiger partial charge in [-0.05, 0) is 19.8 Å². The Hall–Kier alpha value is -0.0800. The Balaban J connectivity index is 3.64. The van der Waals surface area contributed by atoms with Gasteiger partial charge in [0.25, 0.3) is 0 Å². The second-order valence-electron chi connectivity index (χ2n) is 3.12. The molecule has 0 spiro atoms. The van der Waals surface area contributed by atoms with Crippen molar-refractivity contribution < 1.29 is 10.2 Å². The third kappa shape index (κ3) is 3.85. The summed E-state index contributed by atoms with van der Waals surface area (Å²) in [5.41, 5.74) is -0.685. The largest absolute Gasteiger partial charge is 0.393 e. The number of hydrogen-bond acceptors (Lipinski definition) is 2. The minimum atomic E-state index is -0.685. The third-order valence-corrected chi connectivity index (χ3v) is 1.91. The van der Waals surface area contributed by atoms with Crippen molar-refractivity contribution in [3.63, 3.8) is 0 Å². The molecule has 0 rings (SSSR count). The number of rotatable bonds is 4. The zero-order valence-electron chi connectivity index (χ0n) is 7.09. The average molecular weight is 146 g/mol. The Morgan fingerprint density at radius 3 is 2.20 bits per heavy atom. The molecule has 62 valence electrons. The van der Waals surface area contributed by atoms with E-state index in [1.807, 2.05) is 13.8 Å². The zero-order valence-corrected chi connectivity index (χ0v) is 7.09. The molecule has 0 aliphatic carbocycles. The van der Waals surface area contributed by atoms with Gasteiger partial charge < -0.3 is 10.2 Å². The highest BCUT2D eigenvalue weighted by atomic mass is 16.3. The summed E-state index contributed by atoms with van der Waals surface area (Å²) in [6.45, 7) is 5.59. The zero-order chi connectivity index (χ0) is 8.20. The molecule has 0 amide bonds. The summed E-state index contributed by atoms with van der Waals surface area (Å²) in [4.78, 5) is 0. The molecule has 0 saturated carbocycles. The van der Waals surface area contributed by atoms with Crippen molar-refractivity contribution in [2.45, 2.75) is 51.7 Å². The maximum absolute atomic E-state index is 9.46. The van der Waals surface area contributed by atoms with Crippen LogP contribution in [0.5, 0.6) is 0 Å². The summed E-state index contributed by atoms with van der Waals surface area (Å²) >= 11 is 0. The second-order valence-corrected chi connectivity index (χ2v) is 3.12. The molecule has 0 heterocycles. The molecule has 0 radical (unpaired) electrons. The molecule has 0 aliphatic heterocycles. The summed E-state index contributed by atoms with van der Waals surface area (Å²) < 4.78 is 0. The van der Waals surface area contributed by atoms with E-state index in [-0.39, 0.29) is 6.10 Å². The third-order valence-electron chi connectivity index (χ3n) is 1.91. The van der Waals surface area contributed by atoms with Crippen LogP contribution < -0.4 is 0 Å². The molecule has 0 saturated heterocycles. The maximum atomic E-state index is 9.46. The summed E-state index contributed by atoms with van der Waals surface area (Å²) in [6, 6.07) is 0. The van der Waals surface area contributed by atoms with Crippen LogP contribution in [0.1, 0.15) is 40.0 Å². The molecular formula is C8H18O2. The molecule has 0 aromatic heterocycles. The lowest BCUT2D eigenvalue weighted by atomic mass is 9.95. The first-order valence-corrected chi connectivity index (χ1v) is 3.92. The molecule has 0 fully saturated rings. The van der Waals surface area contributed by atoms with Crippen LogP contribution >= 0.6 is 0 Å². The van der Waals surface area contributed by atoms with E-state index in [2.05, 4.69) is 0 Å². The fourth-order valence-corrected chi connectivity index (χ4v) is 0.796. The van der Waals surface area contributed by atoms with E-state index in [4.69, 9.17) is 5.11 Å². The van der Waals surface area contributed by atoms with Crippen LogP contribution in [0, 0.1) is 0 Å². The Labute approximate surface area is 62.9 Å². The lowest BCUT2D eigenvalue weighted by molar-refractivity contribution is 0.000230. The van der Waals surface area contributed by atoms with Gasteiger partial charge in [-0.2, -0.15) is 0 Å². The minimum absolute atomic E-state index is 0.352. The van der Waals surface area contributed by atoms with Gasteiger partial charge in [0.15, 0.2) is 0 Å². The van der Waals surface area contributed by atoms with Crippen molar-refractivity contribution in [1.82, 2.24) is 0 Å². The SMILES string of the molecule is CCC(O)CC(C)(O)CC. The van der Waals surface area contributed by atoms with Crippen LogP contribution in [0.4, 0.5) is 0 Å². The van der Waals surface area contributed by atoms with Gasteiger partial charge in [-0.25, -0.2) is 0 Å². The average Bonchev–Trinajstić information content (AvgIpc) is 1.87. The Morgan fingerprint density at radius 1 is 1.40 bits per heavy atom. The van der Waals surface area contributed by atoms with Gasteiger partial charge in [-0.15, -0.1) is 0 Å². The lowest BCUT2D eigenvalue weighted by Crippen LogP contribution is -2.28.